The zero-order valence-corrected chi connectivity index (χ0v) is 11.1. The van der Waals surface area contributed by atoms with Gasteiger partial charge in [0.15, 0.2) is 0 Å². The van der Waals surface area contributed by atoms with E-state index in [0.29, 0.717) is 16.6 Å². The summed E-state index contributed by atoms with van der Waals surface area (Å²) >= 11 is 12.0. The largest absolute Gasteiger partial charge is 0.392 e. The first-order chi connectivity index (χ1) is 8.16. The van der Waals surface area contributed by atoms with Gasteiger partial charge in [0.25, 0.3) is 0 Å². The van der Waals surface area contributed by atoms with Gasteiger partial charge in [0.1, 0.15) is 0 Å². The molecule has 1 saturated carbocycles. The van der Waals surface area contributed by atoms with Crippen LogP contribution in [0.3, 0.4) is 0 Å². The van der Waals surface area contributed by atoms with Crippen molar-refractivity contribution < 1.29 is 5.11 Å². The van der Waals surface area contributed by atoms with Gasteiger partial charge in [0, 0.05) is 22.6 Å². The molecule has 2 rings (SSSR count). The fourth-order valence-corrected chi connectivity index (χ4v) is 2.65. The predicted octanol–water partition coefficient (Wildman–Crippen LogP) is 3.39. The standard InChI is InChI=1S/C13H17Cl2NO/c14-10-5-6-11(15)9(7-10)8-16-12-3-1-2-4-13(12)17/h5-7,12-13,16-17H,1-4,8H2. The molecule has 0 bridgehead atoms. The molecule has 2 N–H and O–H groups in total. The first-order valence-electron chi connectivity index (χ1n) is 6.02. The Morgan fingerprint density at radius 2 is 2.00 bits per heavy atom. The van der Waals surface area contributed by atoms with Crippen molar-refractivity contribution in [2.75, 3.05) is 0 Å². The van der Waals surface area contributed by atoms with Gasteiger partial charge in [-0.2, -0.15) is 0 Å². The molecule has 1 fully saturated rings. The maximum absolute atomic E-state index is 9.85. The highest BCUT2D eigenvalue weighted by Gasteiger charge is 2.22. The van der Waals surface area contributed by atoms with Crippen LogP contribution in [0.1, 0.15) is 31.2 Å². The molecule has 0 aliphatic heterocycles. The summed E-state index contributed by atoms with van der Waals surface area (Å²) in [5.74, 6) is 0. The van der Waals surface area contributed by atoms with Crippen LogP contribution in [-0.4, -0.2) is 17.3 Å². The lowest BCUT2D eigenvalue weighted by Gasteiger charge is -2.28. The van der Waals surface area contributed by atoms with E-state index >= 15 is 0 Å². The first-order valence-corrected chi connectivity index (χ1v) is 6.78. The zero-order chi connectivity index (χ0) is 12.3. The monoisotopic (exact) mass is 273 g/mol. The number of rotatable bonds is 3. The van der Waals surface area contributed by atoms with Gasteiger partial charge >= 0.3 is 0 Å². The molecule has 0 spiro atoms. The summed E-state index contributed by atoms with van der Waals surface area (Å²) in [7, 11) is 0. The molecule has 2 atom stereocenters. The third-order valence-corrected chi connectivity index (χ3v) is 3.90. The normalized spacial score (nSPS) is 24.9. The average molecular weight is 274 g/mol. The molecule has 1 aliphatic carbocycles. The molecule has 1 aliphatic rings. The zero-order valence-electron chi connectivity index (χ0n) is 9.63. The van der Waals surface area contributed by atoms with Crippen LogP contribution in [-0.2, 0) is 6.54 Å². The van der Waals surface area contributed by atoms with Crippen LogP contribution in [0.2, 0.25) is 10.0 Å². The van der Waals surface area contributed by atoms with Crippen LogP contribution in [0.4, 0.5) is 0 Å². The van der Waals surface area contributed by atoms with Gasteiger partial charge in [-0.05, 0) is 36.6 Å². The number of aliphatic hydroxyl groups excluding tert-OH is 1. The molecule has 0 radical (unpaired) electrons. The second-order valence-electron chi connectivity index (χ2n) is 4.57. The predicted molar refractivity (Wildman–Crippen MR) is 71.6 cm³/mol. The highest BCUT2D eigenvalue weighted by molar-refractivity contribution is 6.33. The van der Waals surface area contributed by atoms with E-state index < -0.39 is 0 Å². The van der Waals surface area contributed by atoms with Gasteiger partial charge in [0.2, 0.25) is 0 Å². The number of hydrogen-bond acceptors (Lipinski definition) is 2. The minimum Gasteiger partial charge on any atom is -0.392 e. The average Bonchev–Trinajstić information content (AvgIpc) is 2.32. The van der Waals surface area contributed by atoms with Crippen LogP contribution in [0.5, 0.6) is 0 Å². The topological polar surface area (TPSA) is 32.3 Å². The van der Waals surface area contributed by atoms with E-state index in [2.05, 4.69) is 5.32 Å². The molecule has 2 unspecified atom stereocenters. The number of halogens is 2. The minimum atomic E-state index is -0.235. The number of benzene rings is 1. The SMILES string of the molecule is OC1CCCCC1NCc1cc(Cl)ccc1Cl. The molecule has 2 nitrogen and oxygen atoms in total. The van der Waals surface area contributed by atoms with E-state index in [0.717, 1.165) is 24.8 Å². The van der Waals surface area contributed by atoms with Gasteiger partial charge in [0.05, 0.1) is 6.10 Å². The van der Waals surface area contributed by atoms with Crippen molar-refractivity contribution >= 4 is 23.2 Å². The van der Waals surface area contributed by atoms with Crippen molar-refractivity contribution in [1.82, 2.24) is 5.32 Å². The third kappa shape index (κ3) is 3.59. The van der Waals surface area contributed by atoms with E-state index in [-0.39, 0.29) is 12.1 Å². The fourth-order valence-electron chi connectivity index (χ4n) is 2.27. The van der Waals surface area contributed by atoms with Crippen LogP contribution < -0.4 is 5.32 Å². The van der Waals surface area contributed by atoms with Gasteiger partial charge in [-0.3, -0.25) is 0 Å². The Balaban J connectivity index is 1.94. The molecule has 0 saturated heterocycles. The Morgan fingerprint density at radius 3 is 2.76 bits per heavy atom. The summed E-state index contributed by atoms with van der Waals surface area (Å²) in [5, 5.41) is 14.6. The van der Waals surface area contributed by atoms with Crippen LogP contribution in [0, 0.1) is 0 Å². The Bertz CT molecular complexity index is 384. The quantitative estimate of drug-likeness (QED) is 0.885. The van der Waals surface area contributed by atoms with Crippen molar-refractivity contribution in [3.63, 3.8) is 0 Å². The highest BCUT2D eigenvalue weighted by atomic mass is 35.5. The Hall–Kier alpha value is -0.280. The van der Waals surface area contributed by atoms with E-state index in [1.54, 1.807) is 12.1 Å². The fraction of sp³-hybridized carbons (Fsp3) is 0.538. The molecule has 4 heteroatoms. The van der Waals surface area contributed by atoms with E-state index in [9.17, 15) is 5.11 Å². The molecule has 94 valence electrons. The summed E-state index contributed by atoms with van der Waals surface area (Å²) < 4.78 is 0. The number of hydrogen-bond donors (Lipinski definition) is 2. The van der Waals surface area contributed by atoms with Gasteiger partial charge in [-0.25, -0.2) is 0 Å². The summed E-state index contributed by atoms with van der Waals surface area (Å²) in [5.41, 5.74) is 0.983. The van der Waals surface area contributed by atoms with Crippen LogP contribution in [0.25, 0.3) is 0 Å². The third-order valence-electron chi connectivity index (χ3n) is 3.29. The molecule has 0 heterocycles. The molecular formula is C13H17Cl2NO. The molecular weight excluding hydrogens is 257 g/mol. The van der Waals surface area contributed by atoms with Crippen molar-refractivity contribution in [3.8, 4) is 0 Å². The van der Waals surface area contributed by atoms with Gasteiger partial charge < -0.3 is 10.4 Å². The summed E-state index contributed by atoms with van der Waals surface area (Å²) in [6.45, 7) is 0.654. The minimum absolute atomic E-state index is 0.179. The van der Waals surface area contributed by atoms with Crippen molar-refractivity contribution in [2.45, 2.75) is 44.4 Å². The summed E-state index contributed by atoms with van der Waals surface area (Å²) in [6, 6.07) is 5.63. The van der Waals surface area contributed by atoms with E-state index in [1.165, 1.54) is 6.42 Å². The first kappa shape index (κ1) is 13.2. The smallest absolute Gasteiger partial charge is 0.0693 e. The van der Waals surface area contributed by atoms with E-state index in [1.807, 2.05) is 6.07 Å². The van der Waals surface area contributed by atoms with Gasteiger partial charge in [-0.1, -0.05) is 36.0 Å². The Labute approximate surface area is 112 Å². The lowest BCUT2D eigenvalue weighted by Crippen LogP contribution is -2.41. The molecule has 17 heavy (non-hydrogen) atoms. The van der Waals surface area contributed by atoms with Gasteiger partial charge in [-0.15, -0.1) is 0 Å². The Morgan fingerprint density at radius 1 is 1.24 bits per heavy atom. The summed E-state index contributed by atoms with van der Waals surface area (Å²) in [6.07, 6.45) is 3.98. The van der Waals surface area contributed by atoms with Crippen LogP contribution in [0.15, 0.2) is 18.2 Å². The maximum Gasteiger partial charge on any atom is 0.0693 e. The van der Waals surface area contributed by atoms with Crippen molar-refractivity contribution in [3.05, 3.63) is 33.8 Å². The van der Waals surface area contributed by atoms with Crippen molar-refractivity contribution in [1.29, 1.82) is 0 Å². The molecule has 0 amide bonds. The number of aliphatic hydroxyl groups is 1. The lowest BCUT2D eigenvalue weighted by molar-refractivity contribution is 0.0902. The molecule has 1 aromatic rings. The van der Waals surface area contributed by atoms with Crippen LogP contribution >= 0.6 is 23.2 Å². The highest BCUT2D eigenvalue weighted by Crippen LogP contribution is 2.22. The Kier molecular flexibility index (Phi) is 4.69. The maximum atomic E-state index is 9.85. The van der Waals surface area contributed by atoms with Crippen molar-refractivity contribution in [2.24, 2.45) is 0 Å². The second-order valence-corrected chi connectivity index (χ2v) is 5.42. The second kappa shape index (κ2) is 6.05. The van der Waals surface area contributed by atoms with E-state index in [4.69, 9.17) is 23.2 Å². The number of nitrogens with one attached hydrogen (secondary N) is 1. The lowest BCUT2D eigenvalue weighted by atomic mass is 9.92. The summed E-state index contributed by atoms with van der Waals surface area (Å²) in [4.78, 5) is 0. The molecule has 1 aromatic carbocycles. The molecule has 0 aromatic heterocycles.